The molecule has 4 heteroatoms. The molecule has 1 unspecified atom stereocenters. The summed E-state index contributed by atoms with van der Waals surface area (Å²) in [5.74, 6) is 0.956. The molecule has 0 bridgehead atoms. The van der Waals surface area contributed by atoms with Crippen molar-refractivity contribution < 1.29 is 5.11 Å². The first-order chi connectivity index (χ1) is 8.65. The van der Waals surface area contributed by atoms with Crippen LogP contribution in [0.15, 0.2) is 42.7 Å². The molecule has 1 atom stereocenters. The Morgan fingerprint density at radius 3 is 2.61 bits per heavy atom. The van der Waals surface area contributed by atoms with E-state index in [0.717, 1.165) is 11.4 Å². The quantitative estimate of drug-likeness (QED) is 0.832. The van der Waals surface area contributed by atoms with Gasteiger partial charge in [0.25, 0.3) is 0 Å². The summed E-state index contributed by atoms with van der Waals surface area (Å²) in [4.78, 5) is 4.26. The van der Waals surface area contributed by atoms with Crippen LogP contribution in [-0.2, 0) is 19.1 Å². The van der Waals surface area contributed by atoms with E-state index in [1.165, 1.54) is 0 Å². The van der Waals surface area contributed by atoms with E-state index in [1.807, 2.05) is 48.1 Å². The Labute approximate surface area is 107 Å². The van der Waals surface area contributed by atoms with Gasteiger partial charge in [-0.15, -0.1) is 0 Å². The minimum Gasteiger partial charge on any atom is -0.384 e. The summed E-state index contributed by atoms with van der Waals surface area (Å²) in [6.07, 6.45) is 4.93. The first-order valence-electron chi connectivity index (χ1n) is 6.10. The lowest BCUT2D eigenvalue weighted by atomic mass is 9.89. The second-order valence-corrected chi connectivity index (χ2v) is 4.56. The van der Waals surface area contributed by atoms with Crippen molar-refractivity contribution in [3.63, 3.8) is 0 Å². The van der Waals surface area contributed by atoms with E-state index in [2.05, 4.69) is 4.98 Å². The van der Waals surface area contributed by atoms with Crippen LogP contribution in [-0.4, -0.2) is 21.2 Å². The zero-order valence-electron chi connectivity index (χ0n) is 10.6. The largest absolute Gasteiger partial charge is 0.384 e. The Morgan fingerprint density at radius 2 is 2.06 bits per heavy atom. The topological polar surface area (TPSA) is 64.1 Å². The molecule has 96 valence electrons. The van der Waals surface area contributed by atoms with Gasteiger partial charge in [-0.05, 0) is 12.0 Å². The molecule has 1 heterocycles. The number of benzene rings is 1. The van der Waals surface area contributed by atoms with Gasteiger partial charge in [0.15, 0.2) is 0 Å². The van der Waals surface area contributed by atoms with Crippen molar-refractivity contribution in [3.8, 4) is 0 Å². The van der Waals surface area contributed by atoms with Gasteiger partial charge in [0.05, 0.1) is 0 Å². The number of rotatable bonds is 5. The third kappa shape index (κ3) is 2.60. The fourth-order valence-corrected chi connectivity index (χ4v) is 2.07. The van der Waals surface area contributed by atoms with E-state index in [0.29, 0.717) is 12.8 Å². The number of aryl methyl sites for hydroxylation is 2. The molecule has 0 amide bonds. The zero-order chi connectivity index (χ0) is 13.0. The summed E-state index contributed by atoms with van der Waals surface area (Å²) in [6.45, 7) is 0.210. The summed E-state index contributed by atoms with van der Waals surface area (Å²) >= 11 is 0. The van der Waals surface area contributed by atoms with Crippen LogP contribution in [0.25, 0.3) is 0 Å². The van der Waals surface area contributed by atoms with E-state index in [4.69, 9.17) is 5.73 Å². The number of aromatic nitrogens is 2. The van der Waals surface area contributed by atoms with Crippen LogP contribution >= 0.6 is 0 Å². The second-order valence-electron chi connectivity index (χ2n) is 4.56. The Balaban J connectivity index is 2.12. The van der Waals surface area contributed by atoms with E-state index in [-0.39, 0.29) is 6.54 Å². The first kappa shape index (κ1) is 12.8. The fourth-order valence-electron chi connectivity index (χ4n) is 2.07. The molecule has 0 aliphatic heterocycles. The van der Waals surface area contributed by atoms with Gasteiger partial charge in [-0.1, -0.05) is 30.3 Å². The van der Waals surface area contributed by atoms with Crippen LogP contribution in [0.3, 0.4) is 0 Å². The highest BCUT2D eigenvalue weighted by Gasteiger charge is 2.27. The summed E-state index contributed by atoms with van der Waals surface area (Å²) in [6, 6.07) is 9.57. The maximum atomic E-state index is 10.6. The van der Waals surface area contributed by atoms with E-state index >= 15 is 0 Å². The van der Waals surface area contributed by atoms with Gasteiger partial charge >= 0.3 is 0 Å². The minimum atomic E-state index is -0.979. The van der Waals surface area contributed by atoms with E-state index in [1.54, 1.807) is 6.20 Å². The molecular formula is C14H19N3O. The SMILES string of the molecule is Cn1ccnc1CCC(O)(CN)c1ccccc1. The van der Waals surface area contributed by atoms with Crippen LogP contribution in [0.4, 0.5) is 0 Å². The van der Waals surface area contributed by atoms with Crippen LogP contribution in [0.1, 0.15) is 17.8 Å². The van der Waals surface area contributed by atoms with Gasteiger partial charge in [0.1, 0.15) is 11.4 Å². The Morgan fingerprint density at radius 1 is 1.33 bits per heavy atom. The lowest BCUT2D eigenvalue weighted by Gasteiger charge is -2.27. The Hall–Kier alpha value is -1.65. The average molecular weight is 245 g/mol. The molecule has 0 spiro atoms. The molecule has 18 heavy (non-hydrogen) atoms. The zero-order valence-corrected chi connectivity index (χ0v) is 10.6. The molecule has 1 aromatic heterocycles. The molecule has 0 saturated carbocycles. The molecule has 4 nitrogen and oxygen atoms in total. The molecule has 2 aromatic rings. The van der Waals surface area contributed by atoms with Gasteiger partial charge in [0, 0.05) is 32.4 Å². The van der Waals surface area contributed by atoms with Crippen molar-refractivity contribution in [1.82, 2.24) is 9.55 Å². The summed E-state index contributed by atoms with van der Waals surface area (Å²) in [5.41, 5.74) is 5.62. The smallest absolute Gasteiger partial charge is 0.108 e. The summed E-state index contributed by atoms with van der Waals surface area (Å²) in [7, 11) is 1.95. The van der Waals surface area contributed by atoms with Crippen molar-refractivity contribution in [2.75, 3.05) is 6.54 Å². The predicted octanol–water partition coefficient (Wildman–Crippen LogP) is 1.20. The molecule has 0 aliphatic carbocycles. The molecule has 0 aliphatic rings. The molecule has 3 N–H and O–H groups in total. The van der Waals surface area contributed by atoms with Crippen molar-refractivity contribution >= 4 is 0 Å². The van der Waals surface area contributed by atoms with Gasteiger partial charge < -0.3 is 15.4 Å². The third-order valence-corrected chi connectivity index (χ3v) is 3.33. The highest BCUT2D eigenvalue weighted by atomic mass is 16.3. The summed E-state index contributed by atoms with van der Waals surface area (Å²) < 4.78 is 1.96. The number of aliphatic hydroxyl groups is 1. The lowest BCUT2D eigenvalue weighted by molar-refractivity contribution is 0.0363. The second kappa shape index (κ2) is 5.33. The minimum absolute atomic E-state index is 0.210. The van der Waals surface area contributed by atoms with Crippen molar-refractivity contribution in [1.29, 1.82) is 0 Å². The molecule has 2 rings (SSSR count). The maximum absolute atomic E-state index is 10.6. The fraction of sp³-hybridized carbons (Fsp3) is 0.357. The molecular weight excluding hydrogens is 226 g/mol. The Kier molecular flexibility index (Phi) is 3.79. The summed E-state index contributed by atoms with van der Waals surface area (Å²) in [5, 5.41) is 10.6. The molecule has 0 radical (unpaired) electrons. The van der Waals surface area contributed by atoms with Gasteiger partial charge in [0.2, 0.25) is 0 Å². The van der Waals surface area contributed by atoms with Crippen LogP contribution in [0, 0.1) is 0 Å². The van der Waals surface area contributed by atoms with E-state index in [9.17, 15) is 5.11 Å². The third-order valence-electron chi connectivity index (χ3n) is 3.33. The number of nitrogens with two attached hydrogens (primary N) is 1. The van der Waals surface area contributed by atoms with Crippen molar-refractivity contribution in [2.45, 2.75) is 18.4 Å². The number of hydrogen-bond acceptors (Lipinski definition) is 3. The van der Waals surface area contributed by atoms with Crippen LogP contribution in [0.5, 0.6) is 0 Å². The molecule has 1 aromatic carbocycles. The maximum Gasteiger partial charge on any atom is 0.108 e. The average Bonchev–Trinajstić information content (AvgIpc) is 2.83. The standard InChI is InChI=1S/C14H19N3O/c1-17-10-9-16-13(17)7-8-14(18,11-15)12-5-3-2-4-6-12/h2-6,9-10,18H,7-8,11,15H2,1H3. The van der Waals surface area contributed by atoms with Crippen molar-refractivity contribution in [3.05, 3.63) is 54.1 Å². The molecule has 0 saturated heterocycles. The number of imidazole rings is 1. The highest BCUT2D eigenvalue weighted by Crippen LogP contribution is 2.25. The Bertz CT molecular complexity index is 495. The monoisotopic (exact) mass is 245 g/mol. The van der Waals surface area contributed by atoms with Crippen molar-refractivity contribution in [2.24, 2.45) is 12.8 Å². The number of hydrogen-bond donors (Lipinski definition) is 2. The van der Waals surface area contributed by atoms with Crippen LogP contribution in [0.2, 0.25) is 0 Å². The molecule has 0 fully saturated rings. The predicted molar refractivity (Wildman–Crippen MR) is 70.9 cm³/mol. The van der Waals surface area contributed by atoms with Gasteiger partial charge in [-0.25, -0.2) is 4.98 Å². The number of nitrogens with zero attached hydrogens (tertiary/aromatic N) is 2. The normalized spacial score (nSPS) is 14.4. The van der Waals surface area contributed by atoms with Gasteiger partial charge in [-0.3, -0.25) is 0 Å². The highest BCUT2D eigenvalue weighted by molar-refractivity contribution is 5.22. The van der Waals surface area contributed by atoms with Gasteiger partial charge in [-0.2, -0.15) is 0 Å². The first-order valence-corrected chi connectivity index (χ1v) is 6.10. The van der Waals surface area contributed by atoms with E-state index < -0.39 is 5.60 Å². The lowest BCUT2D eigenvalue weighted by Crippen LogP contribution is -2.35. The van der Waals surface area contributed by atoms with Crippen LogP contribution < -0.4 is 5.73 Å².